The van der Waals surface area contributed by atoms with Crippen LogP contribution >= 0.6 is 11.6 Å². The number of hydrogen-bond donors (Lipinski definition) is 3. The fraction of sp³-hybridized carbons (Fsp3) is 0. The lowest BCUT2D eigenvalue weighted by atomic mass is 10.2. The van der Waals surface area contributed by atoms with Gasteiger partial charge in [-0.25, -0.2) is 0 Å². The van der Waals surface area contributed by atoms with E-state index in [4.69, 9.17) is 28.8 Å². The molecule has 0 fully saturated rings. The maximum Gasteiger partial charge on any atom is 0.282 e. The average Bonchev–Trinajstić information content (AvgIpc) is 2.08. The standard InChI is InChI=1S/C8H9ClN4O/c9-4-1-2-6(10)5(3-4)7(14)13-8(11)12/h1-3H,10H2,(H4,11,12,13,14). The van der Waals surface area contributed by atoms with Crippen molar-refractivity contribution >= 4 is 29.2 Å². The van der Waals surface area contributed by atoms with Crippen molar-refractivity contribution in [3.05, 3.63) is 28.8 Å². The predicted molar refractivity (Wildman–Crippen MR) is 56.0 cm³/mol. The van der Waals surface area contributed by atoms with Gasteiger partial charge in [-0.1, -0.05) is 11.6 Å². The van der Waals surface area contributed by atoms with Gasteiger partial charge < -0.3 is 17.2 Å². The zero-order valence-corrected chi connectivity index (χ0v) is 7.95. The number of nitrogen functional groups attached to an aromatic ring is 1. The average molecular weight is 213 g/mol. The molecule has 0 heterocycles. The van der Waals surface area contributed by atoms with E-state index in [1.165, 1.54) is 12.1 Å². The van der Waals surface area contributed by atoms with Crippen molar-refractivity contribution in [2.45, 2.75) is 0 Å². The molecule has 0 unspecified atom stereocenters. The van der Waals surface area contributed by atoms with Crippen molar-refractivity contribution in [2.24, 2.45) is 16.5 Å². The number of halogens is 1. The summed E-state index contributed by atoms with van der Waals surface area (Å²) >= 11 is 5.68. The molecule has 6 N–H and O–H groups in total. The number of rotatable bonds is 1. The highest BCUT2D eigenvalue weighted by Crippen LogP contribution is 2.18. The molecule has 0 radical (unpaired) electrons. The molecule has 0 saturated heterocycles. The van der Waals surface area contributed by atoms with E-state index in [0.29, 0.717) is 5.02 Å². The maximum absolute atomic E-state index is 11.3. The Balaban J connectivity index is 3.12. The van der Waals surface area contributed by atoms with Gasteiger partial charge in [0.15, 0.2) is 5.96 Å². The number of aliphatic imine (C=N–C) groups is 1. The fourth-order valence-electron chi connectivity index (χ4n) is 0.891. The Labute approximate surface area is 85.5 Å². The summed E-state index contributed by atoms with van der Waals surface area (Å²) in [6.45, 7) is 0. The minimum absolute atomic E-state index is 0.186. The Morgan fingerprint density at radius 1 is 1.36 bits per heavy atom. The number of carbonyl (C=O) groups excluding carboxylic acids is 1. The van der Waals surface area contributed by atoms with Crippen molar-refractivity contribution in [1.29, 1.82) is 0 Å². The molecule has 5 nitrogen and oxygen atoms in total. The molecule has 1 amide bonds. The van der Waals surface area contributed by atoms with Crippen LogP contribution in [0.15, 0.2) is 23.2 Å². The van der Waals surface area contributed by atoms with Gasteiger partial charge in [0.2, 0.25) is 0 Å². The van der Waals surface area contributed by atoms with E-state index in [1.54, 1.807) is 6.07 Å². The second kappa shape index (κ2) is 3.97. The summed E-state index contributed by atoms with van der Waals surface area (Å²) in [5.74, 6) is -0.917. The van der Waals surface area contributed by atoms with E-state index in [1.807, 2.05) is 0 Å². The quantitative estimate of drug-likeness (QED) is 0.354. The molecule has 1 rings (SSSR count). The third-order valence-corrected chi connectivity index (χ3v) is 1.71. The first kappa shape index (κ1) is 10.3. The highest BCUT2D eigenvalue weighted by Gasteiger charge is 2.09. The Hall–Kier alpha value is -1.75. The van der Waals surface area contributed by atoms with Crippen molar-refractivity contribution in [3.63, 3.8) is 0 Å². The minimum Gasteiger partial charge on any atom is -0.398 e. The Bertz CT molecular complexity index is 398. The maximum atomic E-state index is 11.3. The van der Waals surface area contributed by atoms with Gasteiger partial charge in [-0.3, -0.25) is 4.79 Å². The highest BCUT2D eigenvalue weighted by atomic mass is 35.5. The van der Waals surface area contributed by atoms with Gasteiger partial charge in [0.1, 0.15) is 0 Å². The smallest absolute Gasteiger partial charge is 0.282 e. The van der Waals surface area contributed by atoms with Crippen LogP contribution in [0.4, 0.5) is 5.69 Å². The van der Waals surface area contributed by atoms with Crippen LogP contribution in [0.5, 0.6) is 0 Å². The molecule has 1 aromatic rings. The van der Waals surface area contributed by atoms with Crippen molar-refractivity contribution in [3.8, 4) is 0 Å². The van der Waals surface area contributed by atoms with Crippen LogP contribution in [0.1, 0.15) is 10.4 Å². The number of nitrogens with two attached hydrogens (primary N) is 3. The molecule has 0 saturated carbocycles. The van der Waals surface area contributed by atoms with Crippen LogP contribution in [0.25, 0.3) is 0 Å². The predicted octanol–water partition coefficient (Wildman–Crippen LogP) is 0.336. The van der Waals surface area contributed by atoms with Crippen molar-refractivity contribution in [1.82, 2.24) is 0 Å². The van der Waals surface area contributed by atoms with Gasteiger partial charge in [-0.15, -0.1) is 0 Å². The van der Waals surface area contributed by atoms with Gasteiger partial charge in [0.25, 0.3) is 5.91 Å². The second-order valence-electron chi connectivity index (χ2n) is 2.57. The van der Waals surface area contributed by atoms with Gasteiger partial charge in [-0.2, -0.15) is 4.99 Å². The molecule has 0 spiro atoms. The number of amides is 1. The highest BCUT2D eigenvalue weighted by molar-refractivity contribution is 6.31. The number of anilines is 1. The summed E-state index contributed by atoms with van der Waals surface area (Å²) < 4.78 is 0. The normalized spacial score (nSPS) is 9.50. The molecular formula is C8H9ClN4O. The molecular weight excluding hydrogens is 204 g/mol. The Kier molecular flexibility index (Phi) is 2.93. The van der Waals surface area contributed by atoms with Gasteiger partial charge >= 0.3 is 0 Å². The van der Waals surface area contributed by atoms with E-state index in [9.17, 15) is 4.79 Å². The lowest BCUT2D eigenvalue weighted by Gasteiger charge is -2.01. The van der Waals surface area contributed by atoms with Crippen molar-refractivity contribution < 1.29 is 4.79 Å². The molecule has 0 atom stereocenters. The molecule has 0 aromatic heterocycles. The number of benzene rings is 1. The molecule has 0 bridgehead atoms. The monoisotopic (exact) mass is 212 g/mol. The SMILES string of the molecule is NC(N)=NC(=O)c1cc(Cl)ccc1N. The van der Waals surface area contributed by atoms with Gasteiger partial charge in [0.05, 0.1) is 5.56 Å². The zero-order valence-electron chi connectivity index (χ0n) is 7.20. The molecule has 0 aliphatic carbocycles. The third-order valence-electron chi connectivity index (χ3n) is 1.48. The van der Waals surface area contributed by atoms with E-state index < -0.39 is 5.91 Å². The van der Waals surface area contributed by atoms with Crippen LogP contribution in [0, 0.1) is 0 Å². The number of hydrogen-bond acceptors (Lipinski definition) is 2. The second-order valence-corrected chi connectivity index (χ2v) is 3.01. The summed E-state index contributed by atoms with van der Waals surface area (Å²) in [4.78, 5) is 14.7. The van der Waals surface area contributed by atoms with E-state index in [-0.39, 0.29) is 17.2 Å². The summed E-state index contributed by atoms with van der Waals surface area (Å²) in [7, 11) is 0. The van der Waals surface area contributed by atoms with Crippen LogP contribution in [0.2, 0.25) is 5.02 Å². The molecule has 6 heteroatoms. The molecule has 0 aliphatic heterocycles. The van der Waals surface area contributed by atoms with E-state index >= 15 is 0 Å². The summed E-state index contributed by atoms with van der Waals surface area (Å²) in [6.07, 6.45) is 0. The van der Waals surface area contributed by atoms with Crippen molar-refractivity contribution in [2.75, 3.05) is 5.73 Å². The van der Waals surface area contributed by atoms with Crippen LogP contribution in [-0.2, 0) is 0 Å². The van der Waals surface area contributed by atoms with E-state index in [2.05, 4.69) is 4.99 Å². The molecule has 14 heavy (non-hydrogen) atoms. The summed E-state index contributed by atoms with van der Waals surface area (Å²) in [6, 6.07) is 4.49. The number of carbonyl (C=O) groups is 1. The van der Waals surface area contributed by atoms with Crippen LogP contribution in [-0.4, -0.2) is 11.9 Å². The van der Waals surface area contributed by atoms with Gasteiger partial charge in [0, 0.05) is 10.7 Å². The van der Waals surface area contributed by atoms with Crippen LogP contribution < -0.4 is 17.2 Å². The first-order valence-corrected chi connectivity index (χ1v) is 4.07. The largest absolute Gasteiger partial charge is 0.398 e. The third kappa shape index (κ3) is 2.37. The Morgan fingerprint density at radius 3 is 2.57 bits per heavy atom. The lowest BCUT2D eigenvalue weighted by Crippen LogP contribution is -2.24. The topological polar surface area (TPSA) is 107 Å². The van der Waals surface area contributed by atoms with E-state index in [0.717, 1.165) is 0 Å². The molecule has 1 aromatic carbocycles. The molecule has 74 valence electrons. The number of guanidine groups is 1. The fourth-order valence-corrected chi connectivity index (χ4v) is 1.06. The first-order valence-electron chi connectivity index (χ1n) is 3.69. The van der Waals surface area contributed by atoms with Gasteiger partial charge in [-0.05, 0) is 18.2 Å². The Morgan fingerprint density at radius 2 is 2.00 bits per heavy atom. The summed E-state index contributed by atoms with van der Waals surface area (Å²) in [5, 5.41) is 0.397. The lowest BCUT2D eigenvalue weighted by molar-refractivity contribution is 0.100. The molecule has 0 aliphatic rings. The minimum atomic E-state index is -0.606. The first-order chi connectivity index (χ1) is 6.50. The number of nitrogens with zero attached hydrogens (tertiary/aromatic N) is 1. The van der Waals surface area contributed by atoms with Crippen LogP contribution in [0.3, 0.4) is 0 Å². The summed E-state index contributed by atoms with van der Waals surface area (Å²) in [5.41, 5.74) is 16.1. The zero-order chi connectivity index (χ0) is 10.7.